The second-order valence-electron chi connectivity index (χ2n) is 8.39. The molecule has 0 aromatic heterocycles. The van der Waals surface area contributed by atoms with Crippen molar-refractivity contribution in [3.63, 3.8) is 0 Å². The smallest absolute Gasteiger partial charge is 0.142 e. The minimum absolute atomic E-state index is 0.0654. The van der Waals surface area contributed by atoms with Crippen molar-refractivity contribution in [2.75, 3.05) is 14.2 Å². The minimum atomic E-state index is -0.0654. The summed E-state index contributed by atoms with van der Waals surface area (Å²) in [6.07, 6.45) is 0. The second-order valence-corrected chi connectivity index (χ2v) is 8.39. The van der Waals surface area contributed by atoms with E-state index in [0.717, 1.165) is 33.4 Å². The fourth-order valence-electron chi connectivity index (χ4n) is 2.50. The van der Waals surface area contributed by atoms with Crippen LogP contribution in [-0.4, -0.2) is 14.2 Å². The van der Waals surface area contributed by atoms with Crippen LogP contribution in [0.3, 0.4) is 0 Å². The van der Waals surface area contributed by atoms with Crippen LogP contribution in [0, 0.1) is 34.5 Å². The van der Waals surface area contributed by atoms with Gasteiger partial charge in [0, 0.05) is 21.6 Å². The molecule has 2 rings (SSSR count). The van der Waals surface area contributed by atoms with Crippen LogP contribution in [0.2, 0.25) is 0 Å². The molecule has 0 radical (unpaired) electrons. The van der Waals surface area contributed by atoms with Crippen LogP contribution in [0.25, 0.3) is 10.8 Å². The monoisotopic (exact) mass is 348 g/mol. The first kappa shape index (κ1) is 19.7. The minimum Gasteiger partial charge on any atom is -0.495 e. The number of hydrogen-bond acceptors (Lipinski definition) is 2. The lowest BCUT2D eigenvalue weighted by atomic mass is 9.95. The Labute approximate surface area is 157 Å². The first-order chi connectivity index (χ1) is 12.1. The Bertz CT molecular complexity index is 851. The number of ether oxygens (including phenoxy) is 2. The topological polar surface area (TPSA) is 18.5 Å². The fourth-order valence-corrected chi connectivity index (χ4v) is 2.50. The summed E-state index contributed by atoms with van der Waals surface area (Å²) in [5.74, 6) is 14.6. The average Bonchev–Trinajstić information content (AvgIpc) is 2.55. The van der Waals surface area contributed by atoms with E-state index < -0.39 is 0 Å². The molecule has 136 valence electrons. The van der Waals surface area contributed by atoms with Gasteiger partial charge in [-0.1, -0.05) is 23.7 Å². The number of hydrogen-bond donors (Lipinski definition) is 0. The van der Waals surface area contributed by atoms with Gasteiger partial charge in [-0.15, -0.1) is 0 Å². The maximum absolute atomic E-state index is 5.68. The first-order valence-corrected chi connectivity index (χ1v) is 8.80. The SMILES string of the molecule is COc1c(C#CC(C)(C)C)ccc2c(OC)c(C#CC(C)(C)C)ccc12. The highest BCUT2D eigenvalue weighted by molar-refractivity contribution is 5.96. The van der Waals surface area contributed by atoms with E-state index in [-0.39, 0.29) is 10.8 Å². The Balaban J connectivity index is 2.70. The molecule has 0 bridgehead atoms. The van der Waals surface area contributed by atoms with Crippen molar-refractivity contribution in [3.8, 4) is 35.2 Å². The summed E-state index contributed by atoms with van der Waals surface area (Å²) < 4.78 is 11.4. The van der Waals surface area contributed by atoms with E-state index in [4.69, 9.17) is 9.47 Å². The fraction of sp³-hybridized carbons (Fsp3) is 0.417. The second kappa shape index (κ2) is 7.35. The van der Waals surface area contributed by atoms with Gasteiger partial charge in [0.05, 0.1) is 25.3 Å². The molecule has 0 aliphatic heterocycles. The standard InChI is InChI=1S/C24H28O2/c1-23(2,3)15-13-17-9-11-20-19(21(17)25-7)12-10-18(22(20)26-8)14-16-24(4,5)6/h9-12H,1-8H3. The summed E-state index contributed by atoms with van der Waals surface area (Å²) in [7, 11) is 3.35. The lowest BCUT2D eigenvalue weighted by Gasteiger charge is -2.14. The van der Waals surface area contributed by atoms with Gasteiger partial charge in [0.25, 0.3) is 0 Å². The molecule has 2 heteroatoms. The van der Waals surface area contributed by atoms with Crippen LogP contribution in [-0.2, 0) is 0 Å². The number of fused-ring (bicyclic) bond motifs is 1. The third-order valence-corrected chi connectivity index (χ3v) is 3.65. The molecule has 0 aliphatic carbocycles. The van der Waals surface area contributed by atoms with Crippen LogP contribution < -0.4 is 9.47 Å². The van der Waals surface area contributed by atoms with Crippen molar-refractivity contribution in [2.45, 2.75) is 41.5 Å². The van der Waals surface area contributed by atoms with Crippen molar-refractivity contribution >= 4 is 10.8 Å². The van der Waals surface area contributed by atoms with Gasteiger partial charge in [-0.25, -0.2) is 0 Å². The van der Waals surface area contributed by atoms with Gasteiger partial charge >= 0.3 is 0 Å². The molecule has 0 amide bonds. The van der Waals surface area contributed by atoms with Gasteiger partial charge in [-0.3, -0.25) is 0 Å². The summed E-state index contributed by atoms with van der Waals surface area (Å²) in [4.78, 5) is 0. The Kier molecular flexibility index (Phi) is 5.58. The van der Waals surface area contributed by atoms with Crippen molar-refractivity contribution in [1.29, 1.82) is 0 Å². The van der Waals surface area contributed by atoms with Crippen LogP contribution in [0.5, 0.6) is 11.5 Å². The van der Waals surface area contributed by atoms with Crippen molar-refractivity contribution < 1.29 is 9.47 Å². The van der Waals surface area contributed by atoms with E-state index in [9.17, 15) is 0 Å². The molecule has 2 aromatic carbocycles. The molecule has 2 aromatic rings. The summed E-state index contributed by atoms with van der Waals surface area (Å²) in [5, 5.41) is 1.96. The molecule has 2 nitrogen and oxygen atoms in total. The highest BCUT2D eigenvalue weighted by atomic mass is 16.5. The lowest BCUT2D eigenvalue weighted by Crippen LogP contribution is -2.00. The molecule has 26 heavy (non-hydrogen) atoms. The molecule has 0 N–H and O–H groups in total. The normalized spacial score (nSPS) is 11.2. The Morgan fingerprint density at radius 1 is 0.615 bits per heavy atom. The highest BCUT2D eigenvalue weighted by Crippen LogP contribution is 2.37. The van der Waals surface area contributed by atoms with Crippen LogP contribution in [0.4, 0.5) is 0 Å². The van der Waals surface area contributed by atoms with Gasteiger partial charge < -0.3 is 9.47 Å². The zero-order valence-corrected chi connectivity index (χ0v) is 17.1. The molecular formula is C24H28O2. The number of methoxy groups -OCH3 is 2. The molecule has 0 fully saturated rings. The molecule has 0 spiro atoms. The van der Waals surface area contributed by atoms with Crippen molar-refractivity contribution in [3.05, 3.63) is 35.4 Å². The molecule has 0 aliphatic rings. The first-order valence-electron chi connectivity index (χ1n) is 8.80. The predicted molar refractivity (Wildman–Crippen MR) is 110 cm³/mol. The van der Waals surface area contributed by atoms with Crippen LogP contribution >= 0.6 is 0 Å². The van der Waals surface area contributed by atoms with E-state index in [1.54, 1.807) is 14.2 Å². The molecule has 0 atom stereocenters. The summed E-state index contributed by atoms with van der Waals surface area (Å²) in [5.41, 5.74) is 1.63. The van der Waals surface area contributed by atoms with Crippen molar-refractivity contribution in [2.24, 2.45) is 10.8 Å². The Morgan fingerprint density at radius 2 is 0.962 bits per heavy atom. The van der Waals surface area contributed by atoms with Crippen LogP contribution in [0.1, 0.15) is 52.7 Å². The molecule has 0 heterocycles. The molecule has 0 unspecified atom stereocenters. The van der Waals surface area contributed by atoms with Gasteiger partial charge in [0.15, 0.2) is 0 Å². The molecule has 0 saturated carbocycles. The van der Waals surface area contributed by atoms with E-state index in [2.05, 4.69) is 65.2 Å². The van der Waals surface area contributed by atoms with E-state index in [1.165, 1.54) is 0 Å². The zero-order chi connectivity index (χ0) is 19.5. The van der Waals surface area contributed by atoms with Gasteiger partial charge in [0.2, 0.25) is 0 Å². The highest BCUT2D eigenvalue weighted by Gasteiger charge is 2.14. The van der Waals surface area contributed by atoms with Gasteiger partial charge in [-0.05, 0) is 65.8 Å². The van der Waals surface area contributed by atoms with E-state index in [0.29, 0.717) is 0 Å². The third-order valence-electron chi connectivity index (χ3n) is 3.65. The summed E-state index contributed by atoms with van der Waals surface area (Å²) in [6, 6.07) is 8.05. The van der Waals surface area contributed by atoms with Gasteiger partial charge in [-0.2, -0.15) is 0 Å². The summed E-state index contributed by atoms with van der Waals surface area (Å²) >= 11 is 0. The Hall–Kier alpha value is -2.58. The largest absolute Gasteiger partial charge is 0.495 e. The Morgan fingerprint density at radius 3 is 1.23 bits per heavy atom. The molecular weight excluding hydrogens is 320 g/mol. The third kappa shape index (κ3) is 4.74. The average molecular weight is 348 g/mol. The molecule has 0 saturated heterocycles. The quantitative estimate of drug-likeness (QED) is 0.653. The van der Waals surface area contributed by atoms with Crippen molar-refractivity contribution in [1.82, 2.24) is 0 Å². The predicted octanol–water partition coefficient (Wildman–Crippen LogP) is 5.65. The number of benzene rings is 2. The maximum atomic E-state index is 5.68. The summed E-state index contributed by atoms with van der Waals surface area (Å²) in [6.45, 7) is 12.6. The maximum Gasteiger partial charge on any atom is 0.142 e. The van der Waals surface area contributed by atoms with E-state index >= 15 is 0 Å². The number of rotatable bonds is 2. The van der Waals surface area contributed by atoms with Crippen LogP contribution in [0.15, 0.2) is 24.3 Å². The lowest BCUT2D eigenvalue weighted by molar-refractivity contribution is 0.414. The zero-order valence-electron chi connectivity index (χ0n) is 17.1. The van der Waals surface area contributed by atoms with Gasteiger partial charge in [0.1, 0.15) is 11.5 Å². The van der Waals surface area contributed by atoms with E-state index in [1.807, 2.05) is 24.3 Å².